The summed E-state index contributed by atoms with van der Waals surface area (Å²) >= 11 is 0. The van der Waals surface area contributed by atoms with Crippen LogP contribution in [0.5, 0.6) is 11.5 Å². The molecule has 2 heterocycles. The second-order valence-corrected chi connectivity index (χ2v) is 8.11. The van der Waals surface area contributed by atoms with Crippen molar-refractivity contribution >= 4 is 5.91 Å². The molecule has 1 fully saturated rings. The number of rotatable bonds is 7. The molecule has 1 aliphatic rings. The van der Waals surface area contributed by atoms with E-state index in [9.17, 15) is 18.0 Å². The van der Waals surface area contributed by atoms with Crippen molar-refractivity contribution in [3.05, 3.63) is 59.5 Å². The summed E-state index contributed by atoms with van der Waals surface area (Å²) in [5.74, 6) is 1.61. The SMILES string of the molecule is COc1ccc(CC(=O)N2CCN(Cc3nc(-c4cccc(C(F)(F)F)c4)no3)CC2)cc1OC. The van der Waals surface area contributed by atoms with Crippen molar-refractivity contribution in [3.63, 3.8) is 0 Å². The molecule has 0 unspecified atom stereocenters. The quantitative estimate of drug-likeness (QED) is 0.500. The predicted molar refractivity (Wildman–Crippen MR) is 120 cm³/mol. The average Bonchev–Trinajstić information content (AvgIpc) is 3.32. The van der Waals surface area contributed by atoms with Gasteiger partial charge in [0, 0.05) is 31.7 Å². The van der Waals surface area contributed by atoms with E-state index in [0.29, 0.717) is 50.1 Å². The van der Waals surface area contributed by atoms with Crippen LogP contribution < -0.4 is 9.47 Å². The number of benzene rings is 2. The third kappa shape index (κ3) is 5.91. The summed E-state index contributed by atoms with van der Waals surface area (Å²) in [6, 6.07) is 10.2. The zero-order valence-corrected chi connectivity index (χ0v) is 19.3. The number of aromatic nitrogens is 2. The molecule has 11 heteroatoms. The Labute approximate surface area is 200 Å². The van der Waals surface area contributed by atoms with Gasteiger partial charge in [0.2, 0.25) is 17.6 Å². The minimum Gasteiger partial charge on any atom is -0.493 e. The molecular weight excluding hydrogens is 465 g/mol. The first-order valence-corrected chi connectivity index (χ1v) is 11.0. The molecule has 0 atom stereocenters. The Balaban J connectivity index is 1.31. The number of piperazine rings is 1. The molecule has 35 heavy (non-hydrogen) atoms. The molecule has 8 nitrogen and oxygen atoms in total. The van der Waals surface area contributed by atoms with E-state index in [2.05, 4.69) is 15.0 Å². The molecular formula is C24H25F3N4O4. The lowest BCUT2D eigenvalue weighted by molar-refractivity contribution is -0.137. The number of hydrogen-bond acceptors (Lipinski definition) is 7. The van der Waals surface area contributed by atoms with Crippen LogP contribution in [-0.4, -0.2) is 66.2 Å². The summed E-state index contributed by atoms with van der Waals surface area (Å²) in [6.07, 6.45) is -4.19. The number of hydrogen-bond donors (Lipinski definition) is 0. The summed E-state index contributed by atoms with van der Waals surface area (Å²) < 4.78 is 54.7. The van der Waals surface area contributed by atoms with Gasteiger partial charge in [0.05, 0.1) is 32.7 Å². The maximum atomic E-state index is 13.0. The predicted octanol–water partition coefficient (Wildman–Crippen LogP) is 3.66. The van der Waals surface area contributed by atoms with Crippen molar-refractivity contribution < 1.29 is 32.0 Å². The van der Waals surface area contributed by atoms with Crippen LogP contribution in [0, 0.1) is 0 Å². The number of amides is 1. The van der Waals surface area contributed by atoms with Crippen LogP contribution in [0.15, 0.2) is 47.0 Å². The molecule has 0 bridgehead atoms. The van der Waals surface area contributed by atoms with Gasteiger partial charge in [-0.2, -0.15) is 18.2 Å². The number of nitrogens with zero attached hydrogens (tertiary/aromatic N) is 4. The number of methoxy groups -OCH3 is 2. The van der Waals surface area contributed by atoms with Crippen LogP contribution in [-0.2, 0) is 23.9 Å². The Hall–Kier alpha value is -3.60. The van der Waals surface area contributed by atoms with Gasteiger partial charge in [-0.25, -0.2) is 0 Å². The second kappa shape index (κ2) is 10.3. The van der Waals surface area contributed by atoms with Crippen molar-refractivity contribution in [1.82, 2.24) is 19.9 Å². The van der Waals surface area contributed by atoms with E-state index < -0.39 is 11.7 Å². The van der Waals surface area contributed by atoms with Crippen LogP contribution in [0.25, 0.3) is 11.4 Å². The lowest BCUT2D eigenvalue weighted by atomic mass is 10.1. The first-order valence-electron chi connectivity index (χ1n) is 11.0. The minimum absolute atomic E-state index is 0.0153. The highest BCUT2D eigenvalue weighted by atomic mass is 19.4. The number of carbonyl (C=O) groups excluding carboxylic acids is 1. The molecule has 0 aliphatic carbocycles. The Morgan fingerprint density at radius 3 is 2.46 bits per heavy atom. The van der Waals surface area contributed by atoms with Crippen molar-refractivity contribution in [2.75, 3.05) is 40.4 Å². The van der Waals surface area contributed by atoms with Crippen molar-refractivity contribution in [3.8, 4) is 22.9 Å². The maximum Gasteiger partial charge on any atom is 0.416 e. The number of alkyl halides is 3. The molecule has 0 radical (unpaired) electrons. The molecule has 0 N–H and O–H groups in total. The van der Waals surface area contributed by atoms with Crippen LogP contribution in [0.1, 0.15) is 17.0 Å². The van der Waals surface area contributed by atoms with Gasteiger partial charge < -0.3 is 18.9 Å². The van der Waals surface area contributed by atoms with E-state index in [4.69, 9.17) is 14.0 Å². The maximum absolute atomic E-state index is 13.0. The summed E-state index contributed by atoms with van der Waals surface area (Å²) in [4.78, 5) is 20.9. The summed E-state index contributed by atoms with van der Waals surface area (Å²) in [5, 5.41) is 3.83. The first kappa shape index (κ1) is 24.5. The molecule has 0 spiro atoms. The Bertz CT molecular complexity index is 1170. The first-order chi connectivity index (χ1) is 16.8. The standard InChI is InChI=1S/C24H25F3N4O4/c1-33-19-7-6-16(12-20(19)34-2)13-22(32)31-10-8-30(9-11-31)15-21-28-23(29-35-21)17-4-3-5-18(14-17)24(25,26)27/h3-7,12,14H,8-11,13,15H2,1-2H3. The van der Waals surface area contributed by atoms with E-state index in [1.165, 1.54) is 12.1 Å². The summed E-state index contributed by atoms with van der Waals surface area (Å²) in [5.41, 5.74) is 0.304. The molecule has 4 rings (SSSR count). The molecule has 3 aromatic rings. The van der Waals surface area contributed by atoms with E-state index in [1.807, 2.05) is 6.07 Å². The Morgan fingerprint density at radius 2 is 1.77 bits per heavy atom. The topological polar surface area (TPSA) is 80.9 Å². The minimum atomic E-state index is -4.45. The summed E-state index contributed by atoms with van der Waals surface area (Å²) in [6.45, 7) is 2.66. The van der Waals surface area contributed by atoms with Crippen LogP contribution in [0.3, 0.4) is 0 Å². The molecule has 1 saturated heterocycles. The fraction of sp³-hybridized carbons (Fsp3) is 0.375. The van der Waals surface area contributed by atoms with Gasteiger partial charge >= 0.3 is 6.18 Å². The highest BCUT2D eigenvalue weighted by Gasteiger charge is 2.31. The normalized spacial score (nSPS) is 14.7. The lowest BCUT2D eigenvalue weighted by Gasteiger charge is -2.34. The van der Waals surface area contributed by atoms with Crippen molar-refractivity contribution in [1.29, 1.82) is 0 Å². The highest BCUT2D eigenvalue weighted by Crippen LogP contribution is 2.31. The van der Waals surface area contributed by atoms with Crippen LogP contribution in [0.2, 0.25) is 0 Å². The van der Waals surface area contributed by atoms with Crippen molar-refractivity contribution in [2.24, 2.45) is 0 Å². The summed E-state index contributed by atoms with van der Waals surface area (Å²) in [7, 11) is 3.11. The van der Waals surface area contributed by atoms with Gasteiger partial charge in [0.1, 0.15) is 0 Å². The Morgan fingerprint density at radius 1 is 1.03 bits per heavy atom. The third-order valence-electron chi connectivity index (χ3n) is 5.80. The Kier molecular flexibility index (Phi) is 7.25. The molecule has 0 saturated carbocycles. The number of ether oxygens (including phenoxy) is 2. The average molecular weight is 490 g/mol. The van der Waals surface area contributed by atoms with Gasteiger partial charge in [-0.15, -0.1) is 0 Å². The zero-order chi connectivity index (χ0) is 25.0. The third-order valence-corrected chi connectivity index (χ3v) is 5.80. The van der Waals surface area contributed by atoms with Crippen LogP contribution in [0.4, 0.5) is 13.2 Å². The monoisotopic (exact) mass is 490 g/mol. The van der Waals surface area contributed by atoms with Gasteiger partial charge in [0.25, 0.3) is 0 Å². The molecule has 1 aromatic heterocycles. The van der Waals surface area contributed by atoms with E-state index >= 15 is 0 Å². The van der Waals surface area contributed by atoms with E-state index in [-0.39, 0.29) is 23.7 Å². The van der Waals surface area contributed by atoms with Crippen molar-refractivity contribution in [2.45, 2.75) is 19.1 Å². The van der Waals surface area contributed by atoms with Gasteiger partial charge in [-0.1, -0.05) is 23.4 Å². The van der Waals surface area contributed by atoms with Crippen LogP contribution >= 0.6 is 0 Å². The fourth-order valence-corrected chi connectivity index (χ4v) is 3.89. The van der Waals surface area contributed by atoms with Gasteiger partial charge in [-0.3, -0.25) is 9.69 Å². The number of halogens is 3. The molecule has 1 aliphatic heterocycles. The second-order valence-electron chi connectivity index (χ2n) is 8.11. The van der Waals surface area contributed by atoms with E-state index in [1.54, 1.807) is 31.3 Å². The van der Waals surface area contributed by atoms with E-state index in [0.717, 1.165) is 17.7 Å². The molecule has 1 amide bonds. The largest absolute Gasteiger partial charge is 0.493 e. The van der Waals surface area contributed by atoms with Gasteiger partial charge in [0.15, 0.2) is 11.5 Å². The molecule has 2 aromatic carbocycles. The smallest absolute Gasteiger partial charge is 0.416 e. The number of carbonyl (C=O) groups is 1. The zero-order valence-electron chi connectivity index (χ0n) is 19.3. The highest BCUT2D eigenvalue weighted by molar-refractivity contribution is 5.79. The molecule has 186 valence electrons. The lowest BCUT2D eigenvalue weighted by Crippen LogP contribution is -2.48. The fourth-order valence-electron chi connectivity index (χ4n) is 3.89. The van der Waals surface area contributed by atoms with Gasteiger partial charge in [-0.05, 0) is 29.8 Å².